The molecule has 0 unspecified atom stereocenters. The Morgan fingerprint density at radius 1 is 1.00 bits per heavy atom. The van der Waals surface area contributed by atoms with Crippen LogP contribution in [0.3, 0.4) is 0 Å². The Morgan fingerprint density at radius 2 is 1.61 bits per heavy atom. The van der Waals surface area contributed by atoms with Crippen molar-refractivity contribution in [3.05, 3.63) is 89.4 Å². The number of hydrazone groups is 1. The molecule has 0 atom stereocenters. The summed E-state index contributed by atoms with van der Waals surface area (Å²) in [5.41, 5.74) is 3.32. The Bertz CT molecular complexity index is 1210. The molecule has 0 aliphatic heterocycles. The van der Waals surface area contributed by atoms with Crippen molar-refractivity contribution in [2.24, 2.45) is 5.10 Å². The van der Waals surface area contributed by atoms with Crippen molar-refractivity contribution in [1.29, 1.82) is 0 Å². The third-order valence-corrected chi connectivity index (χ3v) is 6.48. The van der Waals surface area contributed by atoms with Crippen LogP contribution in [0.15, 0.2) is 88.9 Å². The van der Waals surface area contributed by atoms with E-state index in [0.717, 1.165) is 4.31 Å². The minimum atomic E-state index is -4.07. The normalized spacial score (nSPS) is 11.7. The fourth-order valence-corrected chi connectivity index (χ4v) is 4.57. The molecule has 7 nitrogen and oxygen atoms in total. The predicted octanol–water partition coefficient (Wildman–Crippen LogP) is 3.78. The number of para-hydroxylation sites is 2. The molecule has 3 rings (SSSR count). The molecule has 0 heterocycles. The molecule has 0 bridgehead atoms. The summed E-state index contributed by atoms with van der Waals surface area (Å²) in [5, 5.41) is 14.1. The first-order chi connectivity index (χ1) is 14.8. The van der Waals surface area contributed by atoms with Crippen molar-refractivity contribution in [1.82, 2.24) is 5.43 Å². The van der Waals surface area contributed by atoms with Gasteiger partial charge in [0.05, 0.1) is 21.3 Å². The lowest BCUT2D eigenvalue weighted by Gasteiger charge is -2.24. The highest BCUT2D eigenvalue weighted by Gasteiger charge is 2.28. The Morgan fingerprint density at radius 3 is 2.29 bits per heavy atom. The van der Waals surface area contributed by atoms with Gasteiger partial charge in [-0.2, -0.15) is 5.10 Å². The van der Waals surface area contributed by atoms with Gasteiger partial charge in [0.1, 0.15) is 12.3 Å². The Balaban J connectivity index is 1.89. The van der Waals surface area contributed by atoms with Crippen molar-refractivity contribution in [3.8, 4) is 5.75 Å². The topological polar surface area (TPSA) is 99.1 Å². The van der Waals surface area contributed by atoms with Crippen LogP contribution in [0.1, 0.15) is 12.5 Å². The lowest BCUT2D eigenvalue weighted by molar-refractivity contribution is -0.119. The van der Waals surface area contributed by atoms with Gasteiger partial charge in [0, 0.05) is 5.56 Å². The summed E-state index contributed by atoms with van der Waals surface area (Å²) in [4.78, 5) is 12.6. The van der Waals surface area contributed by atoms with Crippen molar-refractivity contribution in [2.75, 3.05) is 10.8 Å². The summed E-state index contributed by atoms with van der Waals surface area (Å²) < 4.78 is 27.4. The van der Waals surface area contributed by atoms with Crippen LogP contribution in [0.4, 0.5) is 5.69 Å². The van der Waals surface area contributed by atoms with Crippen LogP contribution < -0.4 is 9.73 Å². The van der Waals surface area contributed by atoms with E-state index in [1.807, 2.05) is 0 Å². The lowest BCUT2D eigenvalue weighted by Crippen LogP contribution is -2.40. The molecular weight excluding hydrogens is 438 g/mol. The quantitative estimate of drug-likeness (QED) is 0.416. The Kier molecular flexibility index (Phi) is 6.94. The van der Waals surface area contributed by atoms with E-state index in [1.54, 1.807) is 61.5 Å². The van der Waals surface area contributed by atoms with Crippen molar-refractivity contribution >= 4 is 38.9 Å². The van der Waals surface area contributed by atoms with E-state index in [1.165, 1.54) is 24.3 Å². The van der Waals surface area contributed by atoms with Gasteiger partial charge in [-0.05, 0) is 43.3 Å². The smallest absolute Gasteiger partial charge is 0.264 e. The summed E-state index contributed by atoms with van der Waals surface area (Å²) in [7, 11) is -4.07. The van der Waals surface area contributed by atoms with Crippen LogP contribution in [-0.4, -0.2) is 31.7 Å². The van der Waals surface area contributed by atoms with Gasteiger partial charge in [0.25, 0.3) is 15.9 Å². The molecule has 2 N–H and O–H groups in total. The summed E-state index contributed by atoms with van der Waals surface area (Å²) >= 11 is 6.23. The number of hydrogen-bond acceptors (Lipinski definition) is 5. The lowest BCUT2D eigenvalue weighted by atomic mass is 10.1. The molecule has 3 aromatic rings. The molecule has 9 heteroatoms. The molecule has 1 amide bonds. The number of nitrogens with zero attached hydrogens (tertiary/aromatic N) is 2. The first kappa shape index (κ1) is 22.3. The van der Waals surface area contributed by atoms with Gasteiger partial charge in [-0.3, -0.25) is 9.10 Å². The number of amides is 1. The molecule has 0 fully saturated rings. The van der Waals surface area contributed by atoms with Crippen LogP contribution in [0, 0.1) is 0 Å². The predicted molar refractivity (Wildman–Crippen MR) is 121 cm³/mol. The maximum atomic E-state index is 13.2. The zero-order chi connectivity index (χ0) is 22.4. The number of sulfonamides is 1. The molecule has 0 spiro atoms. The SMILES string of the molecule is C/C(=N/NC(=O)CN(c1ccccc1Cl)S(=O)(=O)c1ccccc1)c1ccccc1O. The number of nitrogens with one attached hydrogen (secondary N) is 1. The summed E-state index contributed by atoms with van der Waals surface area (Å²) in [6, 6.07) is 20.7. The highest BCUT2D eigenvalue weighted by molar-refractivity contribution is 7.92. The molecule has 0 aliphatic rings. The summed E-state index contributed by atoms with van der Waals surface area (Å²) in [5.74, 6) is -0.656. The van der Waals surface area contributed by atoms with Gasteiger partial charge in [0.2, 0.25) is 0 Å². The second kappa shape index (κ2) is 9.63. The van der Waals surface area contributed by atoms with Crippen molar-refractivity contribution < 1.29 is 18.3 Å². The molecule has 0 radical (unpaired) electrons. The zero-order valence-electron chi connectivity index (χ0n) is 16.6. The average Bonchev–Trinajstić information content (AvgIpc) is 2.77. The van der Waals surface area contributed by atoms with E-state index in [9.17, 15) is 18.3 Å². The van der Waals surface area contributed by atoms with Crippen LogP contribution in [0.25, 0.3) is 0 Å². The second-order valence-electron chi connectivity index (χ2n) is 6.53. The van der Waals surface area contributed by atoms with Crippen LogP contribution in [-0.2, 0) is 14.8 Å². The highest BCUT2D eigenvalue weighted by atomic mass is 35.5. The molecule has 0 aliphatic carbocycles. The number of rotatable bonds is 7. The minimum absolute atomic E-state index is 0.0161. The van der Waals surface area contributed by atoms with Gasteiger partial charge in [-0.15, -0.1) is 0 Å². The first-order valence-electron chi connectivity index (χ1n) is 9.24. The number of phenols is 1. The molecule has 0 saturated carbocycles. The minimum Gasteiger partial charge on any atom is -0.507 e. The number of benzene rings is 3. The third-order valence-electron chi connectivity index (χ3n) is 4.38. The summed E-state index contributed by atoms with van der Waals surface area (Å²) in [6.45, 7) is 1.07. The number of phenolic OH excluding ortho intramolecular Hbond substituents is 1. The van der Waals surface area contributed by atoms with Gasteiger partial charge < -0.3 is 5.11 Å². The van der Waals surface area contributed by atoms with E-state index < -0.39 is 22.5 Å². The molecule has 0 saturated heterocycles. The number of carbonyl (C=O) groups is 1. The highest BCUT2D eigenvalue weighted by Crippen LogP contribution is 2.30. The zero-order valence-corrected chi connectivity index (χ0v) is 18.1. The van der Waals surface area contributed by atoms with Crippen molar-refractivity contribution in [2.45, 2.75) is 11.8 Å². The summed E-state index contributed by atoms with van der Waals surface area (Å²) in [6.07, 6.45) is 0. The maximum absolute atomic E-state index is 13.2. The van der Waals surface area contributed by atoms with Gasteiger partial charge >= 0.3 is 0 Å². The molecule has 31 heavy (non-hydrogen) atoms. The largest absolute Gasteiger partial charge is 0.507 e. The number of anilines is 1. The third kappa shape index (κ3) is 5.22. The first-order valence-corrected chi connectivity index (χ1v) is 11.1. The molecule has 3 aromatic carbocycles. The number of halogens is 1. The monoisotopic (exact) mass is 457 g/mol. The maximum Gasteiger partial charge on any atom is 0.264 e. The Hall–Kier alpha value is -3.36. The van der Waals surface area contributed by atoms with E-state index in [4.69, 9.17) is 11.6 Å². The van der Waals surface area contributed by atoms with Gasteiger partial charge in [-0.25, -0.2) is 13.8 Å². The van der Waals surface area contributed by atoms with Crippen LogP contribution in [0.2, 0.25) is 5.02 Å². The molecule has 160 valence electrons. The van der Waals surface area contributed by atoms with E-state index in [0.29, 0.717) is 11.3 Å². The number of hydrogen-bond donors (Lipinski definition) is 2. The average molecular weight is 458 g/mol. The van der Waals surface area contributed by atoms with E-state index >= 15 is 0 Å². The number of aromatic hydroxyl groups is 1. The van der Waals surface area contributed by atoms with Gasteiger partial charge in [-0.1, -0.05) is 54.1 Å². The second-order valence-corrected chi connectivity index (χ2v) is 8.79. The van der Waals surface area contributed by atoms with Crippen LogP contribution in [0.5, 0.6) is 5.75 Å². The van der Waals surface area contributed by atoms with Crippen LogP contribution >= 0.6 is 11.6 Å². The number of carbonyl (C=O) groups excluding carboxylic acids is 1. The molecular formula is C22H20ClN3O4S. The van der Waals surface area contributed by atoms with Crippen molar-refractivity contribution in [3.63, 3.8) is 0 Å². The Labute approximate surface area is 185 Å². The van der Waals surface area contributed by atoms with E-state index in [-0.39, 0.29) is 21.4 Å². The van der Waals surface area contributed by atoms with Gasteiger partial charge in [0.15, 0.2) is 0 Å². The van der Waals surface area contributed by atoms with E-state index in [2.05, 4.69) is 10.5 Å². The molecule has 0 aromatic heterocycles. The fraction of sp³-hybridized carbons (Fsp3) is 0.0909. The standard InChI is InChI=1S/C22H20ClN3O4S/c1-16(18-11-5-8-14-21(18)27)24-25-22(28)15-26(20-13-7-6-12-19(20)23)31(29,30)17-9-3-2-4-10-17/h2-14,27H,15H2,1H3,(H,25,28)/b24-16-. The fourth-order valence-electron chi connectivity index (χ4n) is 2.83.